The molecule has 0 aliphatic carbocycles. The van der Waals surface area contributed by atoms with E-state index in [-0.39, 0.29) is 17.7 Å². The van der Waals surface area contributed by atoms with E-state index in [9.17, 15) is 9.59 Å². The van der Waals surface area contributed by atoms with E-state index in [1.807, 2.05) is 20.8 Å². The highest BCUT2D eigenvalue weighted by atomic mass is 16.2. The average molecular weight is 199 g/mol. The molecule has 3 heteroatoms. The Morgan fingerprint density at radius 3 is 2.07 bits per heavy atom. The monoisotopic (exact) mass is 199 g/mol. The first-order valence-electron chi connectivity index (χ1n) is 5.33. The highest BCUT2D eigenvalue weighted by Gasteiger charge is 2.19. The van der Waals surface area contributed by atoms with Gasteiger partial charge in [-0.15, -0.1) is 0 Å². The number of hydrogen-bond acceptors (Lipinski definition) is 2. The standard InChI is InChI=1S/C11H21NO2/c1-5-10(13)9(7-8(3)4)12-11(14)6-2/h8-9H,5-7H2,1-4H3,(H,12,14)/t9-/m1/s1. The van der Waals surface area contributed by atoms with Crippen LogP contribution in [0.1, 0.15) is 47.0 Å². The third-order valence-electron chi connectivity index (χ3n) is 2.10. The van der Waals surface area contributed by atoms with E-state index in [2.05, 4.69) is 5.32 Å². The Labute approximate surface area is 86.3 Å². The molecule has 0 bridgehead atoms. The van der Waals surface area contributed by atoms with Crippen LogP contribution in [0.25, 0.3) is 0 Å². The van der Waals surface area contributed by atoms with E-state index in [0.29, 0.717) is 18.8 Å². The Balaban J connectivity index is 4.24. The molecule has 0 aliphatic rings. The van der Waals surface area contributed by atoms with Gasteiger partial charge < -0.3 is 5.32 Å². The van der Waals surface area contributed by atoms with Crippen LogP contribution in [0.5, 0.6) is 0 Å². The molecule has 1 atom stereocenters. The summed E-state index contributed by atoms with van der Waals surface area (Å²) in [6.07, 6.45) is 1.66. The van der Waals surface area contributed by atoms with Crippen molar-refractivity contribution in [3.8, 4) is 0 Å². The Kier molecular flexibility index (Phi) is 6.17. The minimum atomic E-state index is -0.285. The van der Waals surface area contributed by atoms with Crippen molar-refractivity contribution in [1.82, 2.24) is 5.32 Å². The highest BCUT2D eigenvalue weighted by Crippen LogP contribution is 2.07. The summed E-state index contributed by atoms with van der Waals surface area (Å²) in [4.78, 5) is 22.6. The molecule has 0 rings (SSSR count). The first kappa shape index (κ1) is 13.1. The first-order chi connectivity index (χ1) is 6.51. The van der Waals surface area contributed by atoms with Crippen LogP contribution in [-0.4, -0.2) is 17.7 Å². The van der Waals surface area contributed by atoms with Crippen molar-refractivity contribution in [1.29, 1.82) is 0 Å². The second-order valence-electron chi connectivity index (χ2n) is 3.92. The largest absolute Gasteiger partial charge is 0.346 e. The van der Waals surface area contributed by atoms with Crippen LogP contribution >= 0.6 is 0 Å². The van der Waals surface area contributed by atoms with Crippen molar-refractivity contribution in [2.45, 2.75) is 53.0 Å². The van der Waals surface area contributed by atoms with Crippen molar-refractivity contribution in [2.24, 2.45) is 5.92 Å². The molecule has 0 heterocycles. The number of hydrogen-bond donors (Lipinski definition) is 1. The number of nitrogens with one attached hydrogen (secondary N) is 1. The Hall–Kier alpha value is -0.860. The number of amides is 1. The molecule has 0 aromatic heterocycles. The van der Waals surface area contributed by atoms with Gasteiger partial charge in [-0.3, -0.25) is 9.59 Å². The van der Waals surface area contributed by atoms with Gasteiger partial charge in [0.2, 0.25) is 5.91 Å². The van der Waals surface area contributed by atoms with Gasteiger partial charge in [-0.25, -0.2) is 0 Å². The third-order valence-corrected chi connectivity index (χ3v) is 2.10. The van der Waals surface area contributed by atoms with Crippen LogP contribution in [0.4, 0.5) is 0 Å². The highest BCUT2D eigenvalue weighted by molar-refractivity contribution is 5.88. The summed E-state index contributed by atoms with van der Waals surface area (Å²) in [6.45, 7) is 7.72. The van der Waals surface area contributed by atoms with Crippen LogP contribution in [0.2, 0.25) is 0 Å². The summed E-state index contributed by atoms with van der Waals surface area (Å²) in [7, 11) is 0. The molecular weight excluding hydrogens is 178 g/mol. The minimum Gasteiger partial charge on any atom is -0.346 e. The maximum Gasteiger partial charge on any atom is 0.220 e. The lowest BCUT2D eigenvalue weighted by atomic mass is 9.99. The van der Waals surface area contributed by atoms with Crippen LogP contribution in [0.15, 0.2) is 0 Å². The Bertz CT molecular complexity index is 199. The molecule has 0 aliphatic heterocycles. The summed E-state index contributed by atoms with van der Waals surface area (Å²) < 4.78 is 0. The lowest BCUT2D eigenvalue weighted by molar-refractivity contribution is -0.127. The number of carbonyl (C=O) groups is 2. The molecule has 14 heavy (non-hydrogen) atoms. The summed E-state index contributed by atoms with van der Waals surface area (Å²) >= 11 is 0. The van der Waals surface area contributed by atoms with Crippen molar-refractivity contribution >= 4 is 11.7 Å². The molecule has 0 spiro atoms. The average Bonchev–Trinajstić information content (AvgIpc) is 2.14. The Morgan fingerprint density at radius 2 is 1.71 bits per heavy atom. The fourth-order valence-electron chi connectivity index (χ4n) is 1.29. The molecular formula is C11H21NO2. The van der Waals surface area contributed by atoms with E-state index in [4.69, 9.17) is 0 Å². The number of ketones is 1. The molecule has 0 aromatic rings. The van der Waals surface area contributed by atoms with Crippen molar-refractivity contribution in [3.05, 3.63) is 0 Å². The summed E-state index contributed by atoms with van der Waals surface area (Å²) in [6, 6.07) is -0.285. The van der Waals surface area contributed by atoms with Crippen LogP contribution in [0, 0.1) is 5.92 Å². The fraction of sp³-hybridized carbons (Fsp3) is 0.818. The maximum atomic E-state index is 11.5. The lowest BCUT2D eigenvalue weighted by Gasteiger charge is -2.18. The first-order valence-corrected chi connectivity index (χ1v) is 5.33. The predicted octanol–water partition coefficient (Wildman–Crippen LogP) is 1.91. The van der Waals surface area contributed by atoms with Crippen LogP contribution < -0.4 is 5.32 Å². The molecule has 0 radical (unpaired) electrons. The van der Waals surface area contributed by atoms with Crippen LogP contribution in [0.3, 0.4) is 0 Å². The smallest absolute Gasteiger partial charge is 0.220 e. The Morgan fingerprint density at radius 1 is 1.14 bits per heavy atom. The van der Waals surface area contributed by atoms with E-state index in [1.54, 1.807) is 6.92 Å². The van der Waals surface area contributed by atoms with Gasteiger partial charge in [-0.05, 0) is 12.3 Å². The van der Waals surface area contributed by atoms with Gasteiger partial charge in [-0.2, -0.15) is 0 Å². The van der Waals surface area contributed by atoms with Gasteiger partial charge in [0, 0.05) is 12.8 Å². The molecule has 0 unspecified atom stereocenters. The molecule has 0 fully saturated rings. The van der Waals surface area contributed by atoms with Crippen molar-refractivity contribution in [2.75, 3.05) is 0 Å². The van der Waals surface area contributed by atoms with Crippen LogP contribution in [-0.2, 0) is 9.59 Å². The zero-order chi connectivity index (χ0) is 11.1. The second kappa shape index (κ2) is 6.57. The lowest BCUT2D eigenvalue weighted by Crippen LogP contribution is -2.41. The van der Waals surface area contributed by atoms with Gasteiger partial charge in [0.1, 0.15) is 0 Å². The molecule has 0 saturated heterocycles. The minimum absolute atomic E-state index is 0.0440. The van der Waals surface area contributed by atoms with Gasteiger partial charge in [0.15, 0.2) is 5.78 Å². The van der Waals surface area contributed by atoms with Gasteiger partial charge >= 0.3 is 0 Å². The number of carbonyl (C=O) groups excluding carboxylic acids is 2. The SMILES string of the molecule is CCC(=O)N[C@H](CC(C)C)C(=O)CC. The molecule has 0 aromatic carbocycles. The van der Waals surface area contributed by atoms with Crippen molar-refractivity contribution in [3.63, 3.8) is 0 Å². The summed E-state index contributed by atoms with van der Waals surface area (Å²) in [5.74, 6) is 0.505. The third kappa shape index (κ3) is 5.00. The van der Waals surface area contributed by atoms with Crippen molar-refractivity contribution < 1.29 is 9.59 Å². The summed E-state index contributed by atoms with van der Waals surface area (Å²) in [5, 5.41) is 2.76. The molecule has 82 valence electrons. The van der Waals surface area contributed by atoms with E-state index >= 15 is 0 Å². The quantitative estimate of drug-likeness (QED) is 0.710. The normalized spacial score (nSPS) is 12.6. The second-order valence-corrected chi connectivity index (χ2v) is 3.92. The molecule has 0 saturated carbocycles. The number of rotatable bonds is 6. The van der Waals surface area contributed by atoms with E-state index in [1.165, 1.54) is 0 Å². The zero-order valence-corrected chi connectivity index (χ0v) is 9.59. The summed E-state index contributed by atoms with van der Waals surface area (Å²) in [5.41, 5.74) is 0. The molecule has 1 amide bonds. The molecule has 3 nitrogen and oxygen atoms in total. The number of Topliss-reactive ketones (excluding diaryl/α,β-unsaturated/α-hetero) is 1. The zero-order valence-electron chi connectivity index (χ0n) is 9.59. The van der Waals surface area contributed by atoms with E-state index < -0.39 is 0 Å². The van der Waals surface area contributed by atoms with Gasteiger partial charge in [0.25, 0.3) is 0 Å². The van der Waals surface area contributed by atoms with Gasteiger partial charge in [0.05, 0.1) is 6.04 Å². The maximum absolute atomic E-state index is 11.5. The van der Waals surface area contributed by atoms with E-state index in [0.717, 1.165) is 6.42 Å². The topological polar surface area (TPSA) is 46.2 Å². The fourth-order valence-corrected chi connectivity index (χ4v) is 1.29. The van der Waals surface area contributed by atoms with Gasteiger partial charge in [-0.1, -0.05) is 27.7 Å². The predicted molar refractivity (Wildman–Crippen MR) is 57.0 cm³/mol. The molecule has 1 N–H and O–H groups in total.